The van der Waals surface area contributed by atoms with Gasteiger partial charge in [-0.2, -0.15) is 0 Å². The summed E-state index contributed by atoms with van der Waals surface area (Å²) in [5.74, 6) is -0.487. The molecule has 12 heavy (non-hydrogen) atoms. The topological polar surface area (TPSA) is 66.8 Å². The molecule has 4 heteroatoms. The van der Waals surface area contributed by atoms with Crippen LogP contribution in [0.5, 0.6) is 0 Å². The predicted octanol–water partition coefficient (Wildman–Crippen LogP) is -0.153. The van der Waals surface area contributed by atoms with Crippen LogP contribution in [0.1, 0.15) is 12.8 Å². The van der Waals surface area contributed by atoms with Crippen molar-refractivity contribution in [2.24, 2.45) is 0 Å². The average Bonchev–Trinajstić information content (AvgIpc) is 2.03. The van der Waals surface area contributed by atoms with Gasteiger partial charge in [-0.1, -0.05) is 6.08 Å². The number of ether oxygens (including phenoxy) is 1. The zero-order valence-corrected chi connectivity index (χ0v) is 7.06. The molecule has 0 saturated heterocycles. The van der Waals surface area contributed by atoms with Crippen LogP contribution in [0.25, 0.3) is 0 Å². The van der Waals surface area contributed by atoms with E-state index in [9.17, 15) is 4.79 Å². The molecule has 0 spiro atoms. The van der Waals surface area contributed by atoms with E-state index in [1.54, 1.807) is 0 Å². The van der Waals surface area contributed by atoms with Crippen molar-refractivity contribution in [3.63, 3.8) is 0 Å². The van der Waals surface area contributed by atoms with Gasteiger partial charge in [0.2, 0.25) is 0 Å². The molecule has 0 aliphatic carbocycles. The van der Waals surface area contributed by atoms with Crippen LogP contribution in [-0.2, 0) is 9.53 Å². The second-order valence-corrected chi connectivity index (χ2v) is 2.47. The molecule has 0 bridgehead atoms. The van der Waals surface area contributed by atoms with Crippen molar-refractivity contribution in [2.75, 3.05) is 7.11 Å². The lowest BCUT2D eigenvalue weighted by Gasteiger charge is -2.10. The maximum Gasteiger partial charge on any atom is 0.308 e. The SMILES string of the molecule is C=C[C@H](O)C[C@@H](O)CC(=O)OC. The summed E-state index contributed by atoms with van der Waals surface area (Å²) in [5.41, 5.74) is 0. The number of carbonyl (C=O) groups is 1. The molecule has 2 N–H and O–H groups in total. The summed E-state index contributed by atoms with van der Waals surface area (Å²) >= 11 is 0. The van der Waals surface area contributed by atoms with E-state index in [1.165, 1.54) is 13.2 Å². The zero-order valence-electron chi connectivity index (χ0n) is 7.06. The molecular weight excluding hydrogens is 160 g/mol. The molecule has 70 valence electrons. The van der Waals surface area contributed by atoms with Crippen LogP contribution in [0, 0.1) is 0 Å². The largest absolute Gasteiger partial charge is 0.469 e. The van der Waals surface area contributed by atoms with Gasteiger partial charge in [-0.25, -0.2) is 0 Å². The molecule has 0 aromatic heterocycles. The van der Waals surface area contributed by atoms with E-state index < -0.39 is 18.2 Å². The maximum atomic E-state index is 10.6. The molecule has 0 amide bonds. The molecule has 0 radical (unpaired) electrons. The lowest BCUT2D eigenvalue weighted by molar-refractivity contribution is -0.143. The molecule has 0 aliphatic rings. The first-order valence-electron chi connectivity index (χ1n) is 3.65. The number of esters is 1. The Morgan fingerprint density at radius 2 is 2.25 bits per heavy atom. The van der Waals surface area contributed by atoms with Gasteiger partial charge in [0, 0.05) is 6.42 Å². The minimum Gasteiger partial charge on any atom is -0.469 e. The van der Waals surface area contributed by atoms with Crippen LogP contribution in [-0.4, -0.2) is 35.5 Å². The highest BCUT2D eigenvalue weighted by Crippen LogP contribution is 2.03. The van der Waals surface area contributed by atoms with Gasteiger partial charge in [0.25, 0.3) is 0 Å². The highest BCUT2D eigenvalue weighted by atomic mass is 16.5. The van der Waals surface area contributed by atoms with E-state index in [4.69, 9.17) is 10.2 Å². The summed E-state index contributed by atoms with van der Waals surface area (Å²) in [6, 6.07) is 0. The third-order valence-corrected chi connectivity index (χ3v) is 1.42. The Kier molecular flexibility index (Phi) is 5.32. The minimum absolute atomic E-state index is 0.0958. The Morgan fingerprint density at radius 1 is 1.67 bits per heavy atom. The van der Waals surface area contributed by atoms with Crippen molar-refractivity contribution >= 4 is 5.97 Å². The van der Waals surface area contributed by atoms with Crippen molar-refractivity contribution in [1.82, 2.24) is 0 Å². The number of aliphatic hydroxyl groups excluding tert-OH is 2. The third kappa shape index (κ3) is 4.87. The fourth-order valence-electron chi connectivity index (χ4n) is 0.734. The quantitative estimate of drug-likeness (QED) is 0.449. The first-order chi connectivity index (χ1) is 5.60. The van der Waals surface area contributed by atoms with Crippen molar-refractivity contribution in [2.45, 2.75) is 25.0 Å². The van der Waals surface area contributed by atoms with Gasteiger partial charge in [-0.15, -0.1) is 6.58 Å². The van der Waals surface area contributed by atoms with Crippen LogP contribution in [0.15, 0.2) is 12.7 Å². The van der Waals surface area contributed by atoms with Crippen LogP contribution in [0.4, 0.5) is 0 Å². The van der Waals surface area contributed by atoms with E-state index in [2.05, 4.69) is 11.3 Å². The van der Waals surface area contributed by atoms with Gasteiger partial charge in [-0.05, 0) is 0 Å². The van der Waals surface area contributed by atoms with Crippen LogP contribution in [0.2, 0.25) is 0 Å². The molecule has 2 atom stereocenters. The summed E-state index contributed by atoms with van der Waals surface area (Å²) in [6.45, 7) is 3.34. The molecule has 0 heterocycles. The normalized spacial score (nSPS) is 14.9. The first kappa shape index (κ1) is 11.1. The van der Waals surface area contributed by atoms with Crippen LogP contribution < -0.4 is 0 Å². The summed E-state index contributed by atoms with van der Waals surface area (Å²) < 4.78 is 4.33. The highest BCUT2D eigenvalue weighted by Gasteiger charge is 2.13. The van der Waals surface area contributed by atoms with Crippen molar-refractivity contribution in [1.29, 1.82) is 0 Å². The number of hydrogen-bond donors (Lipinski definition) is 2. The van der Waals surface area contributed by atoms with Crippen LogP contribution in [0.3, 0.4) is 0 Å². The Balaban J connectivity index is 3.65. The molecule has 4 nitrogen and oxygen atoms in total. The Hall–Kier alpha value is -0.870. The molecule has 0 aromatic rings. The molecule has 0 fully saturated rings. The van der Waals surface area contributed by atoms with Gasteiger partial charge < -0.3 is 14.9 Å². The fourth-order valence-corrected chi connectivity index (χ4v) is 0.734. The standard InChI is InChI=1S/C8H14O4/c1-3-6(9)4-7(10)5-8(11)12-2/h3,6-7,9-10H,1,4-5H2,2H3/t6-,7+/m0/s1. The molecular formula is C8H14O4. The Morgan fingerprint density at radius 3 is 2.67 bits per heavy atom. The van der Waals surface area contributed by atoms with E-state index in [0.717, 1.165) is 0 Å². The minimum atomic E-state index is -0.870. The average molecular weight is 174 g/mol. The third-order valence-electron chi connectivity index (χ3n) is 1.42. The molecule has 0 rings (SSSR count). The molecule has 0 unspecified atom stereocenters. The second kappa shape index (κ2) is 5.74. The number of rotatable bonds is 5. The lowest BCUT2D eigenvalue weighted by Crippen LogP contribution is -2.19. The molecule has 0 aliphatic heterocycles. The predicted molar refractivity (Wildman–Crippen MR) is 43.5 cm³/mol. The second-order valence-electron chi connectivity index (χ2n) is 2.47. The van der Waals surface area contributed by atoms with E-state index >= 15 is 0 Å². The summed E-state index contributed by atoms with van der Waals surface area (Å²) in [5, 5.41) is 18.1. The van der Waals surface area contributed by atoms with Gasteiger partial charge in [0.1, 0.15) is 0 Å². The van der Waals surface area contributed by atoms with E-state index in [0.29, 0.717) is 0 Å². The molecule has 0 saturated carbocycles. The van der Waals surface area contributed by atoms with Gasteiger partial charge >= 0.3 is 5.97 Å². The van der Waals surface area contributed by atoms with Crippen molar-refractivity contribution in [3.05, 3.63) is 12.7 Å². The summed E-state index contributed by atoms with van der Waals surface area (Å²) in [4.78, 5) is 10.6. The fraction of sp³-hybridized carbons (Fsp3) is 0.625. The van der Waals surface area contributed by atoms with Gasteiger partial charge in [0.05, 0.1) is 25.7 Å². The summed E-state index contributed by atoms with van der Waals surface area (Å²) in [6.07, 6.45) is -0.323. The highest BCUT2D eigenvalue weighted by molar-refractivity contribution is 5.69. The Bertz CT molecular complexity index is 155. The lowest BCUT2D eigenvalue weighted by atomic mass is 10.1. The number of hydrogen-bond acceptors (Lipinski definition) is 4. The zero-order chi connectivity index (χ0) is 9.56. The van der Waals surface area contributed by atoms with E-state index in [-0.39, 0.29) is 12.8 Å². The van der Waals surface area contributed by atoms with Gasteiger partial charge in [-0.3, -0.25) is 4.79 Å². The van der Waals surface area contributed by atoms with Crippen molar-refractivity contribution in [3.8, 4) is 0 Å². The number of methoxy groups -OCH3 is 1. The summed E-state index contributed by atoms with van der Waals surface area (Å²) in [7, 11) is 1.25. The van der Waals surface area contributed by atoms with Crippen molar-refractivity contribution < 1.29 is 19.7 Å². The van der Waals surface area contributed by atoms with Gasteiger partial charge in [0.15, 0.2) is 0 Å². The number of aliphatic hydroxyl groups is 2. The molecule has 0 aromatic carbocycles. The van der Waals surface area contributed by atoms with Crippen LogP contribution >= 0.6 is 0 Å². The van der Waals surface area contributed by atoms with E-state index in [1.807, 2.05) is 0 Å². The maximum absolute atomic E-state index is 10.6. The first-order valence-corrected chi connectivity index (χ1v) is 3.65. The Labute approximate surface area is 71.5 Å². The smallest absolute Gasteiger partial charge is 0.308 e. The monoisotopic (exact) mass is 174 g/mol. The number of carbonyl (C=O) groups excluding carboxylic acids is 1.